The van der Waals surface area contributed by atoms with E-state index in [-0.39, 0.29) is 22.9 Å². The van der Waals surface area contributed by atoms with Crippen LogP contribution in [0.25, 0.3) is 15.3 Å². The normalized spacial score (nSPS) is 16.9. The Labute approximate surface area is 269 Å². The van der Waals surface area contributed by atoms with Crippen molar-refractivity contribution in [2.75, 3.05) is 28.7 Å². The summed E-state index contributed by atoms with van der Waals surface area (Å²) in [7, 11) is 0. The van der Waals surface area contributed by atoms with Crippen LogP contribution in [0.4, 0.5) is 26.6 Å². The maximum atomic E-state index is 14.1. The molecule has 3 N–H and O–H groups in total. The van der Waals surface area contributed by atoms with E-state index in [4.69, 9.17) is 11.6 Å². The van der Waals surface area contributed by atoms with Gasteiger partial charge in [0, 0.05) is 27.7 Å². The number of fused-ring (bicyclic) bond motifs is 3. The summed E-state index contributed by atoms with van der Waals surface area (Å²) in [6.07, 6.45) is 3.15. The number of aromatic hydroxyl groups is 1. The van der Waals surface area contributed by atoms with Crippen LogP contribution < -0.4 is 15.5 Å². The van der Waals surface area contributed by atoms with E-state index in [0.29, 0.717) is 18.4 Å². The van der Waals surface area contributed by atoms with E-state index in [2.05, 4.69) is 58.4 Å². The number of thiazole rings is 1. The average Bonchev–Trinajstić information content (AvgIpc) is 3.54. The highest BCUT2D eigenvalue weighted by Gasteiger charge is 2.41. The number of benzene rings is 3. The van der Waals surface area contributed by atoms with Gasteiger partial charge in [0.25, 0.3) is 0 Å². The van der Waals surface area contributed by atoms with E-state index in [1.807, 2.05) is 36.4 Å². The van der Waals surface area contributed by atoms with Gasteiger partial charge in [0.15, 0.2) is 5.13 Å². The minimum absolute atomic E-state index is 0.127. The highest BCUT2D eigenvalue weighted by Crippen LogP contribution is 2.56. The van der Waals surface area contributed by atoms with Crippen molar-refractivity contribution < 1.29 is 9.50 Å². The van der Waals surface area contributed by atoms with Gasteiger partial charge in [-0.3, -0.25) is 0 Å². The van der Waals surface area contributed by atoms with Crippen LogP contribution in [0, 0.1) is 5.82 Å². The molecule has 0 saturated heterocycles. The van der Waals surface area contributed by atoms with E-state index in [1.165, 1.54) is 17.4 Å². The number of thioether (sulfide) groups is 1. The summed E-state index contributed by atoms with van der Waals surface area (Å²) in [5, 5.41) is 19.4. The molecule has 0 spiro atoms. The standard InChI is InChI=1S/C34H31ClFN5OS2/c1-4-19-15-28(43-27-13-9-20(36)16-22(19)27)21-10-12-26(42)31-30(21)34(2,3)17-41(31)25-8-6-5-7-23(25)37-18-38-33-39-24-11-14-29(35)40-32(24)44-33/h5-16,19,37,42H,4,17-18H2,1-3H3,(H,38,39). The lowest BCUT2D eigenvalue weighted by Crippen LogP contribution is -2.26. The molecule has 0 radical (unpaired) electrons. The second-order valence-corrected chi connectivity index (χ2v) is 14.1. The smallest absolute Gasteiger partial charge is 0.186 e. The van der Waals surface area contributed by atoms with Crippen LogP contribution in [0.3, 0.4) is 0 Å². The Kier molecular flexibility index (Phi) is 7.43. The molecule has 0 amide bonds. The van der Waals surface area contributed by atoms with Crippen LogP contribution in [0.1, 0.15) is 49.8 Å². The van der Waals surface area contributed by atoms with Gasteiger partial charge in [-0.1, -0.05) is 73.7 Å². The van der Waals surface area contributed by atoms with Crippen molar-refractivity contribution in [1.82, 2.24) is 9.97 Å². The van der Waals surface area contributed by atoms with E-state index < -0.39 is 0 Å². The first-order valence-electron chi connectivity index (χ1n) is 14.5. The van der Waals surface area contributed by atoms with Crippen molar-refractivity contribution in [3.63, 3.8) is 0 Å². The van der Waals surface area contributed by atoms with Crippen molar-refractivity contribution in [1.29, 1.82) is 0 Å². The summed E-state index contributed by atoms with van der Waals surface area (Å²) in [5.41, 5.74) is 6.55. The number of para-hydroxylation sites is 2. The van der Waals surface area contributed by atoms with E-state index in [9.17, 15) is 9.50 Å². The van der Waals surface area contributed by atoms with Crippen molar-refractivity contribution in [3.05, 3.63) is 100 Å². The molecule has 0 fully saturated rings. The Hall–Kier alpha value is -3.79. The fourth-order valence-electron chi connectivity index (χ4n) is 6.26. The number of nitrogens with one attached hydrogen (secondary N) is 2. The molecule has 4 heterocycles. The molecule has 7 rings (SSSR count). The number of rotatable bonds is 7. The summed E-state index contributed by atoms with van der Waals surface area (Å²) in [5.74, 6) is 0.174. The molecule has 5 aromatic rings. The second-order valence-electron chi connectivity index (χ2n) is 11.7. The van der Waals surface area contributed by atoms with Crippen LogP contribution in [-0.2, 0) is 5.41 Å². The van der Waals surface area contributed by atoms with E-state index >= 15 is 0 Å². The lowest BCUT2D eigenvalue weighted by Gasteiger charge is -2.27. The molecule has 2 aliphatic heterocycles. The summed E-state index contributed by atoms with van der Waals surface area (Å²) in [4.78, 5) is 14.2. The molecule has 1 atom stereocenters. The average molecular weight is 644 g/mol. The Morgan fingerprint density at radius 1 is 1.07 bits per heavy atom. The third-order valence-corrected chi connectivity index (χ3v) is 10.5. The molecule has 0 saturated carbocycles. The minimum Gasteiger partial charge on any atom is -0.506 e. The number of phenolic OH excluding ortho intramolecular Hbond substituents is 1. The summed E-state index contributed by atoms with van der Waals surface area (Å²) in [6.45, 7) is 7.74. The van der Waals surface area contributed by atoms with E-state index in [0.717, 1.165) is 65.5 Å². The number of aromatic nitrogens is 2. The second kappa shape index (κ2) is 11.3. The van der Waals surface area contributed by atoms with Gasteiger partial charge >= 0.3 is 0 Å². The largest absolute Gasteiger partial charge is 0.506 e. The maximum absolute atomic E-state index is 14.1. The van der Waals surface area contributed by atoms with Gasteiger partial charge in [-0.25, -0.2) is 14.4 Å². The lowest BCUT2D eigenvalue weighted by atomic mass is 9.82. The van der Waals surface area contributed by atoms with Crippen LogP contribution >= 0.6 is 34.7 Å². The quantitative estimate of drug-likeness (QED) is 0.120. The van der Waals surface area contributed by atoms with Crippen LogP contribution in [0.2, 0.25) is 5.15 Å². The molecule has 0 aliphatic carbocycles. The first-order chi connectivity index (χ1) is 21.2. The summed E-state index contributed by atoms with van der Waals surface area (Å²) in [6, 6.07) is 20.7. The number of anilines is 4. The number of phenols is 1. The summed E-state index contributed by atoms with van der Waals surface area (Å²) >= 11 is 9.18. The third kappa shape index (κ3) is 5.16. The fourth-order valence-corrected chi connectivity index (χ4v) is 8.50. The number of hydrogen-bond donors (Lipinski definition) is 3. The molecule has 3 aromatic carbocycles. The van der Waals surface area contributed by atoms with Crippen molar-refractivity contribution in [2.45, 2.75) is 43.4 Å². The first-order valence-corrected chi connectivity index (χ1v) is 16.6. The van der Waals surface area contributed by atoms with Gasteiger partial charge in [0.1, 0.15) is 27.1 Å². The van der Waals surface area contributed by atoms with Gasteiger partial charge in [0.05, 0.1) is 23.7 Å². The van der Waals surface area contributed by atoms with Gasteiger partial charge in [-0.15, -0.1) is 0 Å². The maximum Gasteiger partial charge on any atom is 0.186 e. The predicted molar refractivity (Wildman–Crippen MR) is 182 cm³/mol. The number of nitrogens with zero attached hydrogens (tertiary/aromatic N) is 3. The Bertz CT molecular complexity index is 1940. The molecule has 6 nitrogen and oxygen atoms in total. The third-order valence-electron chi connectivity index (χ3n) is 8.24. The minimum atomic E-state index is -0.254. The van der Waals surface area contributed by atoms with E-state index in [1.54, 1.807) is 30.0 Å². The topological polar surface area (TPSA) is 73.3 Å². The van der Waals surface area contributed by atoms with Gasteiger partial charge in [0.2, 0.25) is 0 Å². The monoisotopic (exact) mass is 643 g/mol. The first kappa shape index (κ1) is 29.0. The molecular formula is C34H31ClFN5OS2. The predicted octanol–water partition coefficient (Wildman–Crippen LogP) is 9.74. The molecule has 0 bridgehead atoms. The SMILES string of the molecule is CCC1C=C(c2ccc(O)c3c2C(C)(C)CN3c2ccccc2NCNc2nc3ccc(Cl)nc3s2)Sc2ccc(F)cc21. The van der Waals surface area contributed by atoms with Gasteiger partial charge in [-0.2, -0.15) is 0 Å². The molecule has 44 heavy (non-hydrogen) atoms. The highest BCUT2D eigenvalue weighted by atomic mass is 35.5. The zero-order valence-corrected chi connectivity index (χ0v) is 26.9. The molecule has 10 heteroatoms. The lowest BCUT2D eigenvalue weighted by molar-refractivity contribution is 0.476. The zero-order chi connectivity index (χ0) is 30.6. The van der Waals surface area contributed by atoms with Gasteiger partial charge in [-0.05, 0) is 77.7 Å². The molecule has 2 aromatic heterocycles. The molecule has 1 unspecified atom stereocenters. The fraction of sp³-hybridized carbons (Fsp3) is 0.235. The van der Waals surface area contributed by atoms with Crippen molar-refractivity contribution in [3.8, 4) is 5.75 Å². The Balaban J connectivity index is 1.21. The summed E-state index contributed by atoms with van der Waals surface area (Å²) < 4.78 is 14.1. The molecule has 224 valence electrons. The van der Waals surface area contributed by atoms with Crippen LogP contribution in [0.5, 0.6) is 5.75 Å². The number of halogens is 2. The molecular weight excluding hydrogens is 613 g/mol. The van der Waals surface area contributed by atoms with Crippen LogP contribution in [-0.4, -0.2) is 28.3 Å². The van der Waals surface area contributed by atoms with Crippen LogP contribution in [0.15, 0.2) is 77.7 Å². The highest BCUT2D eigenvalue weighted by molar-refractivity contribution is 8.08. The molecule has 2 aliphatic rings. The van der Waals surface area contributed by atoms with Gasteiger partial charge < -0.3 is 20.6 Å². The number of allylic oxidation sites excluding steroid dienone is 1. The number of hydrogen-bond acceptors (Lipinski definition) is 8. The zero-order valence-electron chi connectivity index (χ0n) is 24.5. The Morgan fingerprint density at radius 2 is 1.91 bits per heavy atom. The Morgan fingerprint density at radius 3 is 2.75 bits per heavy atom. The number of pyridine rings is 1. The van der Waals surface area contributed by atoms with Crippen molar-refractivity contribution >= 4 is 72.1 Å². The van der Waals surface area contributed by atoms with Crippen molar-refractivity contribution in [2.24, 2.45) is 0 Å².